The molecule has 3 heteroatoms. The summed E-state index contributed by atoms with van der Waals surface area (Å²) in [6, 6.07) is 2.28. The van der Waals surface area contributed by atoms with Gasteiger partial charge in [-0.2, -0.15) is 0 Å². The first-order valence-corrected chi connectivity index (χ1v) is 8.44. The fourth-order valence-electron chi connectivity index (χ4n) is 4.13. The van der Waals surface area contributed by atoms with E-state index in [0.717, 1.165) is 24.7 Å². The minimum Gasteiger partial charge on any atom is -0.313 e. The maximum absolute atomic E-state index is 3.71. The molecule has 3 nitrogen and oxygen atoms in total. The van der Waals surface area contributed by atoms with E-state index in [1.807, 2.05) is 0 Å². The largest absolute Gasteiger partial charge is 0.313 e. The molecule has 0 bridgehead atoms. The van der Waals surface area contributed by atoms with Gasteiger partial charge in [0.1, 0.15) is 0 Å². The predicted octanol–water partition coefficient (Wildman–Crippen LogP) is 2.32. The lowest BCUT2D eigenvalue weighted by Crippen LogP contribution is -2.53. The monoisotopic (exact) mass is 267 g/mol. The highest BCUT2D eigenvalue weighted by Gasteiger charge is 2.31. The zero-order valence-electron chi connectivity index (χ0n) is 13.2. The Labute approximate surface area is 119 Å². The van der Waals surface area contributed by atoms with E-state index in [-0.39, 0.29) is 0 Å². The van der Waals surface area contributed by atoms with E-state index in [0.29, 0.717) is 0 Å². The second-order valence-electron chi connectivity index (χ2n) is 6.38. The number of rotatable bonds is 6. The van der Waals surface area contributed by atoms with Crippen LogP contribution in [0.1, 0.15) is 52.4 Å². The van der Waals surface area contributed by atoms with Crippen LogP contribution < -0.4 is 5.32 Å². The van der Waals surface area contributed by atoms with E-state index in [2.05, 4.69) is 36.0 Å². The first-order valence-electron chi connectivity index (χ1n) is 8.44. The number of likely N-dealkylation sites (N-methyl/N-ethyl adjacent to an activating group) is 3. The molecule has 1 aliphatic heterocycles. The van der Waals surface area contributed by atoms with Crippen molar-refractivity contribution in [3.8, 4) is 0 Å². The lowest BCUT2D eigenvalue weighted by atomic mass is 9.89. The number of likely N-dealkylation sites (tertiary alicyclic amines) is 1. The van der Waals surface area contributed by atoms with Gasteiger partial charge in [-0.15, -0.1) is 0 Å². The van der Waals surface area contributed by atoms with Crippen molar-refractivity contribution < 1.29 is 0 Å². The Morgan fingerprint density at radius 3 is 2.63 bits per heavy atom. The van der Waals surface area contributed by atoms with Crippen molar-refractivity contribution in [2.45, 2.75) is 70.5 Å². The van der Waals surface area contributed by atoms with Crippen molar-refractivity contribution in [3.05, 3.63) is 0 Å². The highest BCUT2D eigenvalue weighted by atomic mass is 15.2. The summed E-state index contributed by atoms with van der Waals surface area (Å²) in [7, 11) is 2.35. The Morgan fingerprint density at radius 1 is 1.11 bits per heavy atom. The molecule has 1 heterocycles. The molecule has 0 aromatic carbocycles. The predicted molar refractivity (Wildman–Crippen MR) is 82.6 cm³/mol. The molecule has 0 spiro atoms. The molecule has 2 fully saturated rings. The topological polar surface area (TPSA) is 18.5 Å². The fraction of sp³-hybridized carbons (Fsp3) is 1.00. The summed E-state index contributed by atoms with van der Waals surface area (Å²) in [5, 5.41) is 3.71. The van der Waals surface area contributed by atoms with Gasteiger partial charge in [-0.05, 0) is 52.4 Å². The maximum Gasteiger partial charge on any atom is 0.0246 e. The van der Waals surface area contributed by atoms with Crippen LogP contribution in [0.15, 0.2) is 0 Å². The van der Waals surface area contributed by atoms with Gasteiger partial charge in [0, 0.05) is 24.7 Å². The number of nitrogens with one attached hydrogen (secondary N) is 1. The van der Waals surface area contributed by atoms with Gasteiger partial charge < -0.3 is 10.2 Å². The second kappa shape index (κ2) is 7.61. The highest BCUT2D eigenvalue weighted by molar-refractivity contribution is 4.89. The molecule has 3 atom stereocenters. The summed E-state index contributed by atoms with van der Waals surface area (Å²) in [6.45, 7) is 9.46. The van der Waals surface area contributed by atoms with E-state index >= 15 is 0 Å². The van der Waals surface area contributed by atoms with Crippen LogP contribution in [0.5, 0.6) is 0 Å². The molecule has 3 unspecified atom stereocenters. The van der Waals surface area contributed by atoms with E-state index in [9.17, 15) is 0 Å². The minimum atomic E-state index is 0.722. The Hall–Kier alpha value is -0.120. The fourth-order valence-corrected chi connectivity index (χ4v) is 4.13. The molecule has 2 aliphatic rings. The molecule has 112 valence electrons. The number of hydrogen-bond acceptors (Lipinski definition) is 3. The van der Waals surface area contributed by atoms with Crippen molar-refractivity contribution >= 4 is 0 Å². The standard InChI is InChI=1S/C16H33N3/c1-4-17-15-10-6-7-11-16(15)18(3)13-14-9-8-12-19(14)5-2/h14-17H,4-13H2,1-3H3. The van der Waals surface area contributed by atoms with Gasteiger partial charge in [0.15, 0.2) is 0 Å². The molecule has 0 radical (unpaired) electrons. The summed E-state index contributed by atoms with van der Waals surface area (Å²) < 4.78 is 0. The van der Waals surface area contributed by atoms with Crippen molar-refractivity contribution in [2.75, 3.05) is 33.2 Å². The van der Waals surface area contributed by atoms with Gasteiger partial charge in [-0.25, -0.2) is 0 Å². The summed E-state index contributed by atoms with van der Waals surface area (Å²) in [6.07, 6.45) is 8.37. The molecule has 0 aromatic heterocycles. The van der Waals surface area contributed by atoms with Crippen LogP contribution in [0.4, 0.5) is 0 Å². The third kappa shape index (κ3) is 3.93. The Morgan fingerprint density at radius 2 is 1.89 bits per heavy atom. The van der Waals surface area contributed by atoms with Crippen LogP contribution in [0.3, 0.4) is 0 Å². The molecule has 19 heavy (non-hydrogen) atoms. The quantitative estimate of drug-likeness (QED) is 0.797. The lowest BCUT2D eigenvalue weighted by molar-refractivity contribution is 0.115. The van der Waals surface area contributed by atoms with Crippen LogP contribution in [-0.4, -0.2) is 61.2 Å². The van der Waals surface area contributed by atoms with Crippen LogP contribution in [0.2, 0.25) is 0 Å². The van der Waals surface area contributed by atoms with Crippen molar-refractivity contribution in [1.82, 2.24) is 15.1 Å². The van der Waals surface area contributed by atoms with Gasteiger partial charge in [-0.3, -0.25) is 4.90 Å². The van der Waals surface area contributed by atoms with Gasteiger partial charge in [0.2, 0.25) is 0 Å². The van der Waals surface area contributed by atoms with Gasteiger partial charge in [0.05, 0.1) is 0 Å². The molecular formula is C16H33N3. The van der Waals surface area contributed by atoms with Crippen molar-refractivity contribution in [3.63, 3.8) is 0 Å². The molecule has 2 rings (SSSR count). The maximum atomic E-state index is 3.71. The highest BCUT2D eigenvalue weighted by Crippen LogP contribution is 2.25. The van der Waals surface area contributed by atoms with E-state index < -0.39 is 0 Å². The summed E-state index contributed by atoms with van der Waals surface area (Å²) in [5.74, 6) is 0. The zero-order chi connectivity index (χ0) is 13.7. The smallest absolute Gasteiger partial charge is 0.0246 e. The average Bonchev–Trinajstić information content (AvgIpc) is 2.87. The van der Waals surface area contributed by atoms with E-state index in [4.69, 9.17) is 0 Å². The molecule has 0 aromatic rings. The van der Waals surface area contributed by atoms with Crippen LogP contribution in [0, 0.1) is 0 Å². The molecular weight excluding hydrogens is 234 g/mol. The van der Waals surface area contributed by atoms with Crippen molar-refractivity contribution in [2.24, 2.45) is 0 Å². The lowest BCUT2D eigenvalue weighted by Gasteiger charge is -2.40. The Bertz CT molecular complexity index is 254. The third-order valence-electron chi connectivity index (χ3n) is 5.17. The third-order valence-corrected chi connectivity index (χ3v) is 5.17. The van der Waals surface area contributed by atoms with Gasteiger partial charge in [0.25, 0.3) is 0 Å². The SMILES string of the molecule is CCNC1CCCCC1N(C)CC1CCCN1CC. The van der Waals surface area contributed by atoms with Crippen LogP contribution >= 0.6 is 0 Å². The Balaban J connectivity index is 1.88. The van der Waals surface area contributed by atoms with Crippen LogP contribution in [-0.2, 0) is 0 Å². The van der Waals surface area contributed by atoms with Crippen molar-refractivity contribution in [1.29, 1.82) is 0 Å². The molecule has 1 N–H and O–H groups in total. The zero-order valence-corrected chi connectivity index (χ0v) is 13.2. The Kier molecular flexibility index (Phi) is 6.11. The molecule has 1 saturated heterocycles. The minimum absolute atomic E-state index is 0.722. The summed E-state index contributed by atoms with van der Waals surface area (Å²) in [5.41, 5.74) is 0. The molecule has 0 amide bonds. The van der Waals surface area contributed by atoms with Gasteiger partial charge in [-0.1, -0.05) is 26.7 Å². The number of hydrogen-bond donors (Lipinski definition) is 1. The second-order valence-corrected chi connectivity index (χ2v) is 6.38. The van der Waals surface area contributed by atoms with Gasteiger partial charge >= 0.3 is 0 Å². The first kappa shape index (κ1) is 15.3. The normalized spacial score (nSPS) is 33.2. The summed E-state index contributed by atoms with van der Waals surface area (Å²) >= 11 is 0. The van der Waals surface area contributed by atoms with Crippen LogP contribution in [0.25, 0.3) is 0 Å². The summed E-state index contributed by atoms with van der Waals surface area (Å²) in [4.78, 5) is 5.33. The van der Waals surface area contributed by atoms with E-state index in [1.165, 1.54) is 58.2 Å². The molecule has 1 saturated carbocycles. The van der Waals surface area contributed by atoms with E-state index in [1.54, 1.807) is 0 Å². The molecule has 1 aliphatic carbocycles. The number of nitrogens with zero attached hydrogens (tertiary/aromatic N) is 2. The first-order chi connectivity index (χ1) is 9.26. The average molecular weight is 267 g/mol.